The van der Waals surface area contributed by atoms with Crippen molar-refractivity contribution in [3.63, 3.8) is 0 Å². The molecule has 0 bridgehead atoms. The van der Waals surface area contributed by atoms with Gasteiger partial charge in [0.2, 0.25) is 5.91 Å². The number of carbonyl (C=O) groups excluding carboxylic acids is 1. The van der Waals surface area contributed by atoms with Crippen molar-refractivity contribution in [3.05, 3.63) is 0 Å². The second kappa shape index (κ2) is 7.54. The van der Waals surface area contributed by atoms with Gasteiger partial charge in [-0.2, -0.15) is 0 Å². The molecule has 0 atom stereocenters. The lowest BCUT2D eigenvalue weighted by molar-refractivity contribution is -0.120. The van der Waals surface area contributed by atoms with E-state index in [-0.39, 0.29) is 5.91 Å². The van der Waals surface area contributed by atoms with E-state index in [1.807, 2.05) is 0 Å². The Morgan fingerprint density at radius 1 is 1.36 bits per heavy atom. The zero-order valence-electron chi connectivity index (χ0n) is 7.44. The van der Waals surface area contributed by atoms with E-state index < -0.39 is 0 Å². The van der Waals surface area contributed by atoms with Crippen molar-refractivity contribution in [2.75, 3.05) is 20.1 Å². The Labute approximate surface area is 68.6 Å². The highest BCUT2D eigenvalue weighted by Gasteiger charge is 1.94. The van der Waals surface area contributed by atoms with Crippen molar-refractivity contribution in [2.24, 2.45) is 0 Å². The number of nitrogens with one attached hydrogen (secondary N) is 2. The van der Waals surface area contributed by atoms with E-state index >= 15 is 0 Å². The quantitative estimate of drug-likeness (QED) is 0.553. The molecule has 0 spiro atoms. The fourth-order valence-corrected chi connectivity index (χ4v) is 0.754. The van der Waals surface area contributed by atoms with E-state index in [1.165, 1.54) is 12.8 Å². The van der Waals surface area contributed by atoms with Gasteiger partial charge in [-0.3, -0.25) is 4.79 Å². The zero-order valence-corrected chi connectivity index (χ0v) is 7.44. The van der Waals surface area contributed by atoms with Crippen LogP contribution in [0.3, 0.4) is 0 Å². The maximum atomic E-state index is 10.7. The minimum atomic E-state index is 0.106. The van der Waals surface area contributed by atoms with Gasteiger partial charge < -0.3 is 10.6 Å². The molecule has 0 unspecified atom stereocenters. The second-order valence-electron chi connectivity index (χ2n) is 2.53. The Morgan fingerprint density at radius 3 is 2.64 bits per heavy atom. The molecule has 2 N–H and O–H groups in total. The van der Waals surface area contributed by atoms with Crippen molar-refractivity contribution >= 4 is 5.91 Å². The van der Waals surface area contributed by atoms with Crippen LogP contribution >= 0.6 is 0 Å². The smallest absolute Gasteiger partial charge is 0.221 e. The molecule has 0 fully saturated rings. The molecule has 0 radical (unpaired) electrons. The van der Waals surface area contributed by atoms with Gasteiger partial charge >= 0.3 is 0 Å². The molecule has 1 amide bonds. The topological polar surface area (TPSA) is 41.1 Å². The maximum absolute atomic E-state index is 10.7. The third kappa shape index (κ3) is 7.33. The maximum Gasteiger partial charge on any atom is 0.221 e. The van der Waals surface area contributed by atoms with Crippen molar-refractivity contribution in [3.8, 4) is 0 Å². The number of unbranched alkanes of at least 4 members (excludes halogenated alkanes) is 1. The summed E-state index contributed by atoms with van der Waals surface area (Å²) in [7, 11) is 1.66. The highest BCUT2D eigenvalue weighted by atomic mass is 16.1. The minimum Gasteiger partial charge on any atom is -0.359 e. The first-order valence-electron chi connectivity index (χ1n) is 4.22. The largest absolute Gasteiger partial charge is 0.359 e. The lowest BCUT2D eigenvalue weighted by atomic mass is 10.3. The molecule has 0 aromatic rings. The van der Waals surface area contributed by atoms with Gasteiger partial charge in [0, 0.05) is 20.0 Å². The SMILES string of the molecule is CCCCNCCC(=O)NC. The van der Waals surface area contributed by atoms with Gasteiger partial charge in [0.25, 0.3) is 0 Å². The zero-order chi connectivity index (χ0) is 8.53. The van der Waals surface area contributed by atoms with Gasteiger partial charge in [0.05, 0.1) is 0 Å². The molecule has 0 aliphatic rings. The normalized spacial score (nSPS) is 9.64. The number of amides is 1. The summed E-state index contributed by atoms with van der Waals surface area (Å²) in [4.78, 5) is 10.7. The average Bonchev–Trinajstić information content (AvgIpc) is 2.04. The lowest BCUT2D eigenvalue weighted by Gasteiger charge is -2.01. The summed E-state index contributed by atoms with van der Waals surface area (Å²) in [5.74, 6) is 0.106. The van der Waals surface area contributed by atoms with Crippen molar-refractivity contribution < 1.29 is 4.79 Å². The van der Waals surface area contributed by atoms with Crippen LogP contribution in [0.1, 0.15) is 26.2 Å². The van der Waals surface area contributed by atoms with Gasteiger partial charge in [-0.1, -0.05) is 13.3 Å². The Kier molecular flexibility index (Phi) is 7.15. The predicted octanol–water partition coefficient (Wildman–Crippen LogP) is 0.512. The first-order valence-corrected chi connectivity index (χ1v) is 4.22. The van der Waals surface area contributed by atoms with Crippen molar-refractivity contribution in [2.45, 2.75) is 26.2 Å². The van der Waals surface area contributed by atoms with Crippen LogP contribution in [0.4, 0.5) is 0 Å². The van der Waals surface area contributed by atoms with Crippen LogP contribution in [0.5, 0.6) is 0 Å². The Bertz CT molecular complexity index is 104. The number of hydrogen-bond acceptors (Lipinski definition) is 2. The molecule has 3 heteroatoms. The van der Waals surface area contributed by atoms with E-state index in [4.69, 9.17) is 0 Å². The highest BCUT2D eigenvalue weighted by molar-refractivity contribution is 5.75. The summed E-state index contributed by atoms with van der Waals surface area (Å²) in [6.45, 7) is 3.97. The number of hydrogen-bond donors (Lipinski definition) is 2. The highest BCUT2D eigenvalue weighted by Crippen LogP contribution is 1.82. The standard InChI is InChI=1S/C8H18N2O/c1-3-4-6-10-7-5-8(11)9-2/h10H,3-7H2,1-2H3,(H,9,11). The van der Waals surface area contributed by atoms with Gasteiger partial charge in [-0.25, -0.2) is 0 Å². The van der Waals surface area contributed by atoms with Crippen LogP contribution < -0.4 is 10.6 Å². The molecule has 0 aromatic carbocycles. The summed E-state index contributed by atoms with van der Waals surface area (Å²) in [5.41, 5.74) is 0. The number of rotatable bonds is 6. The molecular formula is C8H18N2O. The van der Waals surface area contributed by atoms with E-state index in [0.717, 1.165) is 13.1 Å². The third-order valence-electron chi connectivity index (χ3n) is 1.51. The van der Waals surface area contributed by atoms with Crippen molar-refractivity contribution in [1.82, 2.24) is 10.6 Å². The van der Waals surface area contributed by atoms with Gasteiger partial charge in [0.15, 0.2) is 0 Å². The number of carbonyl (C=O) groups is 1. The van der Waals surface area contributed by atoms with Gasteiger partial charge in [0.1, 0.15) is 0 Å². The molecule has 66 valence electrons. The molecule has 0 saturated heterocycles. The Balaban J connectivity index is 2.95. The molecule has 0 rings (SSSR count). The average molecular weight is 158 g/mol. The molecule has 0 saturated carbocycles. The summed E-state index contributed by atoms with van der Waals surface area (Å²) in [6.07, 6.45) is 2.97. The van der Waals surface area contributed by atoms with E-state index in [0.29, 0.717) is 6.42 Å². The van der Waals surface area contributed by atoms with Gasteiger partial charge in [-0.05, 0) is 13.0 Å². The summed E-state index contributed by atoms with van der Waals surface area (Å²) in [6, 6.07) is 0. The first kappa shape index (κ1) is 10.4. The van der Waals surface area contributed by atoms with E-state index in [9.17, 15) is 4.79 Å². The fraction of sp³-hybridized carbons (Fsp3) is 0.875. The summed E-state index contributed by atoms with van der Waals surface area (Å²) in [5, 5.41) is 5.77. The minimum absolute atomic E-state index is 0.106. The van der Waals surface area contributed by atoms with Crippen molar-refractivity contribution in [1.29, 1.82) is 0 Å². The van der Waals surface area contributed by atoms with Crippen LogP contribution in [0.15, 0.2) is 0 Å². The van der Waals surface area contributed by atoms with E-state index in [1.54, 1.807) is 7.05 Å². The molecular weight excluding hydrogens is 140 g/mol. The monoisotopic (exact) mass is 158 g/mol. The van der Waals surface area contributed by atoms with Gasteiger partial charge in [-0.15, -0.1) is 0 Å². The first-order chi connectivity index (χ1) is 5.31. The molecule has 0 heterocycles. The molecule has 0 aromatic heterocycles. The van der Waals surface area contributed by atoms with E-state index in [2.05, 4.69) is 17.6 Å². The Hall–Kier alpha value is -0.570. The third-order valence-corrected chi connectivity index (χ3v) is 1.51. The van der Waals surface area contributed by atoms with Crippen LogP contribution in [0.2, 0.25) is 0 Å². The lowest BCUT2D eigenvalue weighted by Crippen LogP contribution is -2.25. The molecule has 0 aliphatic carbocycles. The van der Waals surface area contributed by atoms with Crippen LogP contribution in [0, 0.1) is 0 Å². The van der Waals surface area contributed by atoms with Crippen LogP contribution in [0.25, 0.3) is 0 Å². The predicted molar refractivity (Wildman–Crippen MR) is 46.5 cm³/mol. The van der Waals surface area contributed by atoms with Crippen LogP contribution in [-0.4, -0.2) is 26.0 Å². The second-order valence-corrected chi connectivity index (χ2v) is 2.53. The fourth-order valence-electron chi connectivity index (χ4n) is 0.754. The molecule has 3 nitrogen and oxygen atoms in total. The molecule has 11 heavy (non-hydrogen) atoms. The Morgan fingerprint density at radius 2 is 2.09 bits per heavy atom. The summed E-state index contributed by atoms with van der Waals surface area (Å²) >= 11 is 0. The molecule has 0 aliphatic heterocycles. The summed E-state index contributed by atoms with van der Waals surface area (Å²) < 4.78 is 0. The van der Waals surface area contributed by atoms with Crippen LogP contribution in [-0.2, 0) is 4.79 Å².